The summed E-state index contributed by atoms with van der Waals surface area (Å²) in [5, 5.41) is -1.08. The van der Waals surface area contributed by atoms with Crippen LogP contribution in [0.3, 0.4) is 0 Å². The Kier molecular flexibility index (Phi) is 4.51. The minimum Gasteiger partial charge on any atom is -0.348 e. The van der Waals surface area contributed by atoms with Crippen molar-refractivity contribution in [3.8, 4) is 0 Å². The van der Waals surface area contributed by atoms with Crippen molar-refractivity contribution in [3.05, 3.63) is 0 Å². The zero-order valence-corrected chi connectivity index (χ0v) is 11.3. The van der Waals surface area contributed by atoms with Gasteiger partial charge in [0.25, 0.3) is 0 Å². The first-order valence-electron chi connectivity index (χ1n) is 5.72. The summed E-state index contributed by atoms with van der Waals surface area (Å²) in [5.41, 5.74) is 5.53. The van der Waals surface area contributed by atoms with E-state index < -0.39 is 21.2 Å². The number of nitrogens with zero attached hydrogens (tertiary/aromatic N) is 1. The Bertz CT molecular complexity index is 376. The van der Waals surface area contributed by atoms with Crippen LogP contribution in [0.1, 0.15) is 19.8 Å². The Labute approximate surface area is 103 Å². The van der Waals surface area contributed by atoms with E-state index in [1.165, 1.54) is 25.9 Å². The topological polar surface area (TPSA) is 92.5 Å². The maximum Gasteiger partial charge on any atom is 0.241 e. The van der Waals surface area contributed by atoms with E-state index in [0.717, 1.165) is 12.8 Å². The van der Waals surface area contributed by atoms with Crippen molar-refractivity contribution < 1.29 is 13.2 Å². The Hall–Kier alpha value is -0.660. The zero-order valence-electron chi connectivity index (χ0n) is 10.5. The number of nitrogens with two attached hydrogens (primary N) is 1. The Morgan fingerprint density at radius 3 is 2.35 bits per heavy atom. The van der Waals surface area contributed by atoms with Crippen LogP contribution in [0.25, 0.3) is 0 Å². The molecular formula is C10H21N3O3S. The van der Waals surface area contributed by atoms with Crippen molar-refractivity contribution in [1.82, 2.24) is 9.62 Å². The molecule has 1 fully saturated rings. The molecule has 0 aromatic rings. The molecule has 1 saturated carbocycles. The molecule has 0 aromatic heterocycles. The van der Waals surface area contributed by atoms with E-state index in [4.69, 9.17) is 5.73 Å². The van der Waals surface area contributed by atoms with Crippen molar-refractivity contribution in [1.29, 1.82) is 0 Å². The third kappa shape index (κ3) is 3.65. The van der Waals surface area contributed by atoms with E-state index in [0.29, 0.717) is 5.92 Å². The number of rotatable bonds is 6. The van der Waals surface area contributed by atoms with Crippen molar-refractivity contribution in [2.75, 3.05) is 20.6 Å². The number of carbonyl (C=O) groups excluding carboxylic acids is 1. The average Bonchev–Trinajstić information content (AvgIpc) is 3.07. The number of hydrogen-bond acceptors (Lipinski definition) is 4. The number of nitrogens with one attached hydrogen (secondary N) is 1. The molecule has 100 valence electrons. The van der Waals surface area contributed by atoms with Crippen LogP contribution in [-0.2, 0) is 14.8 Å². The van der Waals surface area contributed by atoms with Crippen molar-refractivity contribution >= 4 is 15.9 Å². The minimum absolute atomic E-state index is 0.239. The highest BCUT2D eigenvalue weighted by Gasteiger charge is 2.36. The lowest BCUT2D eigenvalue weighted by atomic mass is 10.2. The normalized spacial score (nSPS) is 19.8. The summed E-state index contributed by atoms with van der Waals surface area (Å²) >= 11 is 0. The zero-order chi connectivity index (χ0) is 13.2. The summed E-state index contributed by atoms with van der Waals surface area (Å²) in [6.07, 6.45) is 2.00. The average molecular weight is 263 g/mol. The standard InChI is InChI=1S/C10H21N3O3S/c1-7(10(14)13(2)3)17(15,16)12-9(6-11)8-4-5-8/h7-9,12H,4-6,11H2,1-3H3. The fourth-order valence-corrected chi connectivity index (χ4v) is 3.04. The monoisotopic (exact) mass is 263 g/mol. The van der Waals surface area contributed by atoms with E-state index in [2.05, 4.69) is 4.72 Å². The van der Waals surface area contributed by atoms with Crippen LogP contribution >= 0.6 is 0 Å². The van der Waals surface area contributed by atoms with Crippen molar-refractivity contribution in [2.24, 2.45) is 11.7 Å². The van der Waals surface area contributed by atoms with Gasteiger partial charge in [-0.2, -0.15) is 0 Å². The lowest BCUT2D eigenvalue weighted by molar-refractivity contribution is -0.127. The van der Waals surface area contributed by atoms with E-state index in [1.807, 2.05) is 0 Å². The SMILES string of the molecule is CC(C(=O)N(C)C)S(=O)(=O)NC(CN)C1CC1. The highest BCUT2D eigenvalue weighted by molar-refractivity contribution is 7.90. The van der Waals surface area contributed by atoms with Crippen LogP contribution in [-0.4, -0.2) is 51.2 Å². The second kappa shape index (κ2) is 5.32. The molecule has 0 aromatic carbocycles. The molecule has 6 nitrogen and oxygen atoms in total. The first-order chi connectivity index (χ1) is 7.79. The summed E-state index contributed by atoms with van der Waals surface area (Å²) in [5.74, 6) is -0.0968. The van der Waals surface area contributed by atoms with Crippen LogP contribution in [0.5, 0.6) is 0 Å². The van der Waals surface area contributed by atoms with Gasteiger partial charge < -0.3 is 10.6 Å². The molecule has 0 radical (unpaired) electrons. The van der Waals surface area contributed by atoms with Crippen LogP contribution in [0.2, 0.25) is 0 Å². The number of amides is 1. The molecule has 1 aliphatic rings. The molecule has 1 aliphatic carbocycles. The van der Waals surface area contributed by atoms with Gasteiger partial charge in [0.05, 0.1) is 0 Å². The van der Waals surface area contributed by atoms with E-state index in [-0.39, 0.29) is 12.6 Å². The summed E-state index contributed by atoms with van der Waals surface area (Å²) in [4.78, 5) is 12.9. The van der Waals surface area contributed by atoms with Gasteiger partial charge in [0.15, 0.2) is 5.25 Å². The van der Waals surface area contributed by atoms with Crippen LogP contribution in [0, 0.1) is 5.92 Å². The van der Waals surface area contributed by atoms with E-state index >= 15 is 0 Å². The molecule has 1 amide bonds. The van der Waals surface area contributed by atoms with Crippen LogP contribution in [0.15, 0.2) is 0 Å². The number of carbonyl (C=O) groups is 1. The van der Waals surface area contributed by atoms with Gasteiger partial charge in [-0.1, -0.05) is 0 Å². The largest absolute Gasteiger partial charge is 0.348 e. The summed E-state index contributed by atoms with van der Waals surface area (Å²) in [6.45, 7) is 1.66. The number of hydrogen-bond donors (Lipinski definition) is 2. The second-order valence-electron chi connectivity index (χ2n) is 4.72. The lowest BCUT2D eigenvalue weighted by Gasteiger charge is -2.21. The Balaban J connectivity index is 2.69. The van der Waals surface area contributed by atoms with Gasteiger partial charge in [-0.25, -0.2) is 13.1 Å². The molecule has 7 heteroatoms. The second-order valence-corrected chi connectivity index (χ2v) is 6.75. The van der Waals surface area contributed by atoms with Gasteiger partial charge in [-0.3, -0.25) is 4.79 Å². The smallest absolute Gasteiger partial charge is 0.241 e. The minimum atomic E-state index is -3.64. The van der Waals surface area contributed by atoms with Gasteiger partial charge in [0.2, 0.25) is 15.9 Å². The summed E-state index contributed by atoms with van der Waals surface area (Å²) in [7, 11) is -0.567. The maximum atomic E-state index is 12.0. The molecule has 0 saturated heterocycles. The Morgan fingerprint density at radius 1 is 1.47 bits per heavy atom. The first-order valence-corrected chi connectivity index (χ1v) is 7.26. The molecule has 0 spiro atoms. The molecule has 2 atom stereocenters. The predicted octanol–water partition coefficient (Wildman–Crippen LogP) is -0.880. The molecular weight excluding hydrogens is 242 g/mol. The van der Waals surface area contributed by atoms with Crippen molar-refractivity contribution in [3.63, 3.8) is 0 Å². The van der Waals surface area contributed by atoms with Gasteiger partial charge in [0, 0.05) is 26.7 Å². The van der Waals surface area contributed by atoms with Gasteiger partial charge in [0.1, 0.15) is 0 Å². The van der Waals surface area contributed by atoms with Crippen LogP contribution in [0.4, 0.5) is 0 Å². The third-order valence-electron chi connectivity index (χ3n) is 3.01. The van der Waals surface area contributed by atoms with Crippen LogP contribution < -0.4 is 10.5 Å². The van der Waals surface area contributed by atoms with Gasteiger partial charge >= 0.3 is 0 Å². The predicted molar refractivity (Wildman–Crippen MR) is 65.8 cm³/mol. The van der Waals surface area contributed by atoms with Gasteiger partial charge in [-0.15, -0.1) is 0 Å². The molecule has 0 heterocycles. The molecule has 2 unspecified atom stereocenters. The summed E-state index contributed by atoms with van der Waals surface area (Å²) < 4.78 is 26.5. The van der Waals surface area contributed by atoms with E-state index in [1.54, 1.807) is 0 Å². The lowest BCUT2D eigenvalue weighted by Crippen LogP contribution is -2.49. The quantitative estimate of drug-likeness (QED) is 0.651. The first kappa shape index (κ1) is 14.4. The Morgan fingerprint density at radius 2 is 2.00 bits per heavy atom. The van der Waals surface area contributed by atoms with E-state index in [9.17, 15) is 13.2 Å². The fourth-order valence-electron chi connectivity index (χ4n) is 1.64. The third-order valence-corrected chi connectivity index (χ3v) is 4.78. The summed E-state index contributed by atoms with van der Waals surface area (Å²) in [6, 6.07) is -0.239. The molecule has 3 N–H and O–H groups in total. The molecule has 1 rings (SSSR count). The molecule has 17 heavy (non-hydrogen) atoms. The number of sulfonamides is 1. The highest BCUT2D eigenvalue weighted by Crippen LogP contribution is 2.32. The maximum absolute atomic E-state index is 12.0. The fraction of sp³-hybridized carbons (Fsp3) is 0.900. The molecule has 0 bridgehead atoms. The highest BCUT2D eigenvalue weighted by atomic mass is 32.2. The van der Waals surface area contributed by atoms with Gasteiger partial charge in [-0.05, 0) is 25.7 Å². The molecule has 0 aliphatic heterocycles. The van der Waals surface area contributed by atoms with Crippen molar-refractivity contribution in [2.45, 2.75) is 31.1 Å².